The van der Waals surface area contributed by atoms with E-state index < -0.39 is 24.2 Å². The molecule has 1 aromatic carbocycles. The molecule has 1 aromatic heterocycles. The average molecular weight is 416 g/mol. The highest BCUT2D eigenvalue weighted by Gasteiger charge is 2.24. The van der Waals surface area contributed by atoms with Gasteiger partial charge in [0.05, 0.1) is 13.3 Å². The van der Waals surface area contributed by atoms with Gasteiger partial charge >= 0.3 is 12.6 Å². The van der Waals surface area contributed by atoms with Gasteiger partial charge in [0.1, 0.15) is 17.5 Å². The molecule has 2 aromatic rings. The van der Waals surface area contributed by atoms with Crippen LogP contribution in [-0.2, 0) is 4.79 Å². The lowest BCUT2D eigenvalue weighted by molar-refractivity contribution is -0.141. The third kappa shape index (κ3) is 5.01. The summed E-state index contributed by atoms with van der Waals surface area (Å²) in [7, 11) is 1.32. The van der Waals surface area contributed by atoms with E-state index in [-0.39, 0.29) is 40.0 Å². The first-order valence-corrected chi connectivity index (χ1v) is 8.79. The Hall–Kier alpha value is -2.61. The molecule has 0 amide bonds. The lowest BCUT2D eigenvalue weighted by Gasteiger charge is -2.20. The third-order valence-corrected chi connectivity index (χ3v) is 4.26. The molecule has 1 N–H and O–H groups in total. The lowest BCUT2D eigenvalue weighted by Crippen LogP contribution is -2.30. The fourth-order valence-corrected chi connectivity index (χ4v) is 3.01. The summed E-state index contributed by atoms with van der Waals surface area (Å²) in [6, 6.07) is 4.03. The van der Waals surface area contributed by atoms with Crippen molar-refractivity contribution >= 4 is 17.6 Å². The van der Waals surface area contributed by atoms with Crippen molar-refractivity contribution in [1.29, 1.82) is 0 Å². The largest absolute Gasteiger partial charge is 0.495 e. The van der Waals surface area contributed by atoms with Gasteiger partial charge in [-0.25, -0.2) is 4.79 Å². The number of hydrogen-bond acceptors (Lipinski definition) is 4. The molecule has 9 heteroatoms. The molecule has 0 aliphatic heterocycles. The zero-order valence-electron chi connectivity index (χ0n) is 15.5. The van der Waals surface area contributed by atoms with Crippen LogP contribution in [0.3, 0.4) is 0 Å². The van der Waals surface area contributed by atoms with Gasteiger partial charge in [-0.3, -0.25) is 9.36 Å². The number of nitrogens with zero attached hydrogens (tertiary/aromatic N) is 1. The van der Waals surface area contributed by atoms with Crippen molar-refractivity contribution in [1.82, 2.24) is 4.57 Å². The van der Waals surface area contributed by atoms with E-state index in [0.29, 0.717) is 0 Å². The Morgan fingerprint density at radius 1 is 1.21 bits per heavy atom. The van der Waals surface area contributed by atoms with Gasteiger partial charge in [0.25, 0.3) is 5.56 Å². The molecule has 0 radical (unpaired) electrons. The maximum atomic E-state index is 12.7. The number of pyridine rings is 1. The van der Waals surface area contributed by atoms with Crippen molar-refractivity contribution in [3.05, 3.63) is 45.8 Å². The molecule has 0 fully saturated rings. The standard InChI is InChI=1S/C19H20ClF2NO5/c1-10(2)6-14(18(25)26)23-9-16(27-3)13(8-17(23)24)12-7-11(20)4-5-15(12)28-19(21)22/h4-5,7-10,14,19H,6H2,1-3H3,(H,25,26). The minimum atomic E-state index is -3.08. The summed E-state index contributed by atoms with van der Waals surface area (Å²) in [4.78, 5) is 24.3. The third-order valence-electron chi connectivity index (χ3n) is 4.03. The molecular weight excluding hydrogens is 396 g/mol. The van der Waals surface area contributed by atoms with Crippen LogP contribution in [0.25, 0.3) is 11.1 Å². The summed E-state index contributed by atoms with van der Waals surface area (Å²) in [5.41, 5.74) is -0.327. The number of rotatable bonds is 8. The van der Waals surface area contributed by atoms with E-state index >= 15 is 0 Å². The quantitative estimate of drug-likeness (QED) is 0.689. The zero-order chi connectivity index (χ0) is 21.0. The number of methoxy groups -OCH3 is 1. The van der Waals surface area contributed by atoms with E-state index in [9.17, 15) is 23.5 Å². The Balaban J connectivity index is 2.66. The van der Waals surface area contributed by atoms with Crippen LogP contribution < -0.4 is 15.0 Å². The van der Waals surface area contributed by atoms with Gasteiger partial charge < -0.3 is 14.6 Å². The van der Waals surface area contributed by atoms with Crippen molar-refractivity contribution in [2.24, 2.45) is 5.92 Å². The van der Waals surface area contributed by atoms with Gasteiger partial charge in [-0.15, -0.1) is 0 Å². The highest BCUT2D eigenvalue weighted by atomic mass is 35.5. The molecule has 0 aliphatic carbocycles. The fourth-order valence-electron chi connectivity index (χ4n) is 2.84. The van der Waals surface area contributed by atoms with Gasteiger partial charge in [0, 0.05) is 22.2 Å². The molecule has 6 nitrogen and oxygen atoms in total. The number of hydrogen-bond donors (Lipinski definition) is 1. The number of aromatic nitrogens is 1. The number of ether oxygens (including phenoxy) is 2. The maximum absolute atomic E-state index is 12.7. The predicted molar refractivity (Wildman–Crippen MR) is 100 cm³/mol. The van der Waals surface area contributed by atoms with Gasteiger partial charge in [-0.1, -0.05) is 25.4 Å². The van der Waals surface area contributed by atoms with Crippen LogP contribution in [0, 0.1) is 5.92 Å². The summed E-state index contributed by atoms with van der Waals surface area (Å²) in [6.45, 7) is 0.604. The molecule has 0 saturated carbocycles. The van der Waals surface area contributed by atoms with E-state index in [1.54, 1.807) is 0 Å². The molecule has 2 rings (SSSR count). The first kappa shape index (κ1) is 21.7. The smallest absolute Gasteiger partial charge is 0.387 e. The van der Waals surface area contributed by atoms with Crippen LogP contribution in [0.2, 0.25) is 5.02 Å². The molecule has 0 spiro atoms. The number of halogens is 3. The second-order valence-corrected chi connectivity index (χ2v) is 6.94. The number of carboxylic acids is 1. The summed E-state index contributed by atoms with van der Waals surface area (Å²) in [5.74, 6) is -1.20. The second-order valence-electron chi connectivity index (χ2n) is 6.50. The van der Waals surface area contributed by atoms with E-state index in [1.807, 2.05) is 13.8 Å². The molecule has 1 unspecified atom stereocenters. The molecule has 28 heavy (non-hydrogen) atoms. The maximum Gasteiger partial charge on any atom is 0.387 e. The van der Waals surface area contributed by atoms with E-state index in [1.165, 1.54) is 31.5 Å². The van der Waals surface area contributed by atoms with Crippen LogP contribution in [0.5, 0.6) is 11.5 Å². The molecule has 1 heterocycles. The molecular formula is C19H20ClF2NO5. The van der Waals surface area contributed by atoms with Crippen LogP contribution in [-0.4, -0.2) is 29.4 Å². The molecule has 1 atom stereocenters. The molecule has 152 valence electrons. The summed E-state index contributed by atoms with van der Waals surface area (Å²) < 4.78 is 36.3. The van der Waals surface area contributed by atoms with Crippen molar-refractivity contribution in [3.8, 4) is 22.6 Å². The zero-order valence-corrected chi connectivity index (χ0v) is 16.2. The van der Waals surface area contributed by atoms with Crippen LogP contribution >= 0.6 is 11.6 Å². The number of carbonyl (C=O) groups is 1. The van der Waals surface area contributed by atoms with E-state index in [4.69, 9.17) is 16.3 Å². The van der Waals surface area contributed by atoms with Gasteiger partial charge in [0.2, 0.25) is 0 Å². The number of alkyl halides is 2. The van der Waals surface area contributed by atoms with Crippen LogP contribution in [0.4, 0.5) is 8.78 Å². The summed E-state index contributed by atoms with van der Waals surface area (Å²) >= 11 is 5.97. The van der Waals surface area contributed by atoms with Crippen molar-refractivity contribution in [3.63, 3.8) is 0 Å². The van der Waals surface area contributed by atoms with Crippen molar-refractivity contribution in [2.45, 2.75) is 32.9 Å². The first-order valence-electron chi connectivity index (χ1n) is 8.41. The minimum absolute atomic E-state index is 0.0256. The van der Waals surface area contributed by atoms with Gasteiger partial charge in [0.15, 0.2) is 0 Å². The van der Waals surface area contributed by atoms with Gasteiger partial charge in [-0.2, -0.15) is 8.78 Å². The highest BCUT2D eigenvalue weighted by Crippen LogP contribution is 2.38. The van der Waals surface area contributed by atoms with E-state index in [0.717, 1.165) is 10.6 Å². The predicted octanol–water partition coefficient (Wildman–Crippen LogP) is 4.45. The minimum Gasteiger partial charge on any atom is -0.495 e. The normalized spacial score (nSPS) is 12.3. The number of carboxylic acid groups (broad SMARTS) is 1. The Morgan fingerprint density at radius 2 is 1.86 bits per heavy atom. The monoisotopic (exact) mass is 415 g/mol. The topological polar surface area (TPSA) is 77.8 Å². The Labute approximate surface area is 165 Å². The van der Waals surface area contributed by atoms with Crippen molar-refractivity contribution in [2.75, 3.05) is 7.11 Å². The average Bonchev–Trinajstić information content (AvgIpc) is 2.60. The van der Waals surface area contributed by atoms with Crippen LogP contribution in [0.15, 0.2) is 35.3 Å². The van der Waals surface area contributed by atoms with Crippen molar-refractivity contribution < 1.29 is 28.2 Å². The highest BCUT2D eigenvalue weighted by molar-refractivity contribution is 6.31. The van der Waals surface area contributed by atoms with Gasteiger partial charge in [-0.05, 0) is 30.5 Å². The number of aliphatic carboxylic acids is 1. The van der Waals surface area contributed by atoms with E-state index in [2.05, 4.69) is 4.74 Å². The molecule has 0 saturated heterocycles. The summed E-state index contributed by atoms with van der Waals surface area (Å²) in [5, 5.41) is 9.75. The molecule has 0 aliphatic rings. The number of benzene rings is 1. The van der Waals surface area contributed by atoms with Crippen LogP contribution in [0.1, 0.15) is 26.3 Å². The summed E-state index contributed by atoms with van der Waals surface area (Å²) in [6.07, 6.45) is 1.49. The first-order chi connectivity index (χ1) is 13.1. The Kier molecular flexibility index (Phi) is 7.01. The fraction of sp³-hybridized carbons (Fsp3) is 0.368. The molecule has 0 bridgehead atoms. The lowest BCUT2D eigenvalue weighted by atomic mass is 10.0. The SMILES string of the molecule is COc1cn(C(CC(C)C)C(=O)O)c(=O)cc1-c1cc(Cl)ccc1OC(F)F. The Morgan fingerprint density at radius 3 is 2.39 bits per heavy atom. The second kappa shape index (κ2) is 9.05. The Bertz CT molecular complexity index is 914.